The number of halogens is 3. The maximum Gasteiger partial charge on any atom is 0.408 e. The fraction of sp³-hybridized carbons (Fsp3) is 0.294. The third kappa shape index (κ3) is 4.89. The van der Waals surface area contributed by atoms with E-state index >= 15 is 0 Å². The van der Waals surface area contributed by atoms with Crippen LogP contribution in [0.5, 0.6) is 5.75 Å². The molecule has 0 aliphatic carbocycles. The number of benzene rings is 2. The lowest BCUT2D eigenvalue weighted by Crippen LogP contribution is -2.33. The van der Waals surface area contributed by atoms with Crippen molar-refractivity contribution in [3.05, 3.63) is 53.6 Å². The molecule has 9 heteroatoms. The molecule has 0 aliphatic rings. The molecule has 3 N–H and O–H groups in total. The van der Waals surface area contributed by atoms with Crippen LogP contribution >= 0.6 is 0 Å². The third-order valence-electron chi connectivity index (χ3n) is 3.84. The van der Waals surface area contributed by atoms with Gasteiger partial charge in [0.1, 0.15) is 11.8 Å². The molecular weight excluding hydrogens is 369 g/mol. The van der Waals surface area contributed by atoms with Crippen LogP contribution in [0, 0.1) is 0 Å². The Morgan fingerprint density at radius 3 is 2.27 bits per heavy atom. The van der Waals surface area contributed by atoms with Gasteiger partial charge in [-0.3, -0.25) is 0 Å². The largest absolute Gasteiger partial charge is 0.497 e. The molecule has 1 atom stereocenters. The summed E-state index contributed by atoms with van der Waals surface area (Å²) in [6.07, 6.45) is -4.39. The minimum absolute atomic E-state index is 0.0668. The lowest BCUT2D eigenvalue weighted by atomic mass is 10.0. The van der Waals surface area contributed by atoms with Gasteiger partial charge in [0.15, 0.2) is 0 Å². The van der Waals surface area contributed by atoms with E-state index in [2.05, 4.69) is 5.32 Å². The topological polar surface area (TPSA) is 81.4 Å². The Kier molecular flexibility index (Phi) is 5.82. The van der Waals surface area contributed by atoms with Crippen molar-refractivity contribution in [2.45, 2.75) is 30.5 Å². The number of nitrogens with one attached hydrogen (secondary N) is 1. The summed E-state index contributed by atoms with van der Waals surface area (Å²) in [6, 6.07) is 8.94. The zero-order valence-electron chi connectivity index (χ0n) is 14.2. The van der Waals surface area contributed by atoms with Crippen LogP contribution in [0.25, 0.3) is 0 Å². The smallest absolute Gasteiger partial charge is 0.408 e. The Bertz CT molecular complexity index is 866. The summed E-state index contributed by atoms with van der Waals surface area (Å²) < 4.78 is 67.5. The Morgan fingerprint density at radius 1 is 1.15 bits per heavy atom. The number of nitrogens with two attached hydrogens (primary N) is 1. The highest BCUT2D eigenvalue weighted by Crippen LogP contribution is 2.30. The second kappa shape index (κ2) is 7.55. The number of ether oxygens (including phenoxy) is 1. The van der Waals surface area contributed by atoms with E-state index in [0.29, 0.717) is 11.3 Å². The number of methoxy groups -OCH3 is 1. The second-order valence-electron chi connectivity index (χ2n) is 5.76. The summed E-state index contributed by atoms with van der Waals surface area (Å²) in [5, 5.41) is 7.58. The molecule has 0 radical (unpaired) electrons. The first kappa shape index (κ1) is 20.1. The number of sulfonamides is 1. The Balaban J connectivity index is 2.48. The fourth-order valence-electron chi connectivity index (χ4n) is 2.41. The normalized spacial score (nSPS) is 13.3. The summed E-state index contributed by atoms with van der Waals surface area (Å²) in [5.41, 5.74) is 0.943. The van der Waals surface area contributed by atoms with Gasteiger partial charge in [-0.05, 0) is 42.3 Å². The molecular formula is C17H19F3N2O3S. The van der Waals surface area contributed by atoms with Crippen molar-refractivity contribution in [1.82, 2.24) is 0 Å². The molecule has 0 bridgehead atoms. The van der Waals surface area contributed by atoms with Gasteiger partial charge in [0, 0.05) is 12.1 Å². The fourth-order valence-corrected chi connectivity index (χ4v) is 3.21. The van der Waals surface area contributed by atoms with Crippen LogP contribution in [-0.4, -0.2) is 27.7 Å². The van der Waals surface area contributed by atoms with E-state index in [1.54, 1.807) is 24.3 Å². The third-order valence-corrected chi connectivity index (χ3v) is 4.84. The van der Waals surface area contributed by atoms with Crippen LogP contribution in [0.1, 0.15) is 18.1 Å². The Morgan fingerprint density at radius 2 is 1.77 bits per heavy atom. The highest BCUT2D eigenvalue weighted by atomic mass is 32.2. The number of alkyl halides is 3. The average Bonchev–Trinajstić information content (AvgIpc) is 2.55. The number of rotatable bonds is 6. The summed E-state index contributed by atoms with van der Waals surface area (Å²) in [5.74, 6) is 0.609. The predicted octanol–water partition coefficient (Wildman–Crippen LogP) is 3.30. The lowest BCUT2D eigenvalue weighted by Gasteiger charge is -2.22. The molecule has 0 aromatic heterocycles. The van der Waals surface area contributed by atoms with Crippen LogP contribution in [0.4, 0.5) is 18.9 Å². The number of primary sulfonamides is 1. The van der Waals surface area contributed by atoms with Crippen molar-refractivity contribution in [1.29, 1.82) is 0 Å². The van der Waals surface area contributed by atoms with Gasteiger partial charge in [-0.25, -0.2) is 13.6 Å². The minimum atomic E-state index is -4.48. The van der Waals surface area contributed by atoms with Crippen molar-refractivity contribution in [3.63, 3.8) is 0 Å². The predicted molar refractivity (Wildman–Crippen MR) is 92.8 cm³/mol. The molecule has 0 fully saturated rings. The maximum absolute atomic E-state index is 12.9. The van der Waals surface area contributed by atoms with Crippen LogP contribution in [0.15, 0.2) is 47.4 Å². The molecule has 2 rings (SSSR count). The van der Waals surface area contributed by atoms with Crippen molar-refractivity contribution < 1.29 is 26.3 Å². The zero-order valence-corrected chi connectivity index (χ0v) is 15.0. The van der Waals surface area contributed by atoms with Crippen LogP contribution < -0.4 is 15.2 Å². The van der Waals surface area contributed by atoms with Gasteiger partial charge < -0.3 is 10.1 Å². The van der Waals surface area contributed by atoms with Gasteiger partial charge in [-0.2, -0.15) is 13.2 Å². The molecule has 0 aliphatic heterocycles. The quantitative estimate of drug-likeness (QED) is 0.796. The van der Waals surface area contributed by atoms with Gasteiger partial charge in [0.2, 0.25) is 10.0 Å². The molecule has 0 saturated heterocycles. The van der Waals surface area contributed by atoms with Gasteiger partial charge in [-0.15, -0.1) is 0 Å². The number of anilines is 1. The highest BCUT2D eigenvalue weighted by Gasteiger charge is 2.36. The first-order valence-electron chi connectivity index (χ1n) is 7.63. The van der Waals surface area contributed by atoms with E-state index in [-0.39, 0.29) is 22.6 Å². The van der Waals surface area contributed by atoms with Crippen molar-refractivity contribution in [3.8, 4) is 5.75 Å². The molecule has 26 heavy (non-hydrogen) atoms. The van der Waals surface area contributed by atoms with Crippen molar-refractivity contribution in [2.24, 2.45) is 5.14 Å². The van der Waals surface area contributed by atoms with Gasteiger partial charge >= 0.3 is 6.18 Å². The average molecular weight is 388 g/mol. The lowest BCUT2D eigenvalue weighted by molar-refractivity contribution is -0.138. The summed E-state index contributed by atoms with van der Waals surface area (Å²) in [4.78, 5) is -0.215. The molecule has 0 saturated carbocycles. The monoisotopic (exact) mass is 388 g/mol. The second-order valence-corrected chi connectivity index (χ2v) is 7.29. The maximum atomic E-state index is 12.9. The molecule has 2 aromatic rings. The molecule has 2 aromatic carbocycles. The molecule has 5 nitrogen and oxygen atoms in total. The van der Waals surface area contributed by atoms with E-state index in [9.17, 15) is 21.6 Å². The van der Waals surface area contributed by atoms with Crippen molar-refractivity contribution >= 4 is 15.7 Å². The van der Waals surface area contributed by atoms with E-state index in [4.69, 9.17) is 9.88 Å². The van der Waals surface area contributed by atoms with Crippen LogP contribution in [0.3, 0.4) is 0 Å². The van der Waals surface area contributed by atoms with E-state index in [0.717, 1.165) is 6.92 Å². The van der Waals surface area contributed by atoms with Gasteiger partial charge in [0.25, 0.3) is 0 Å². The number of hydrogen-bond donors (Lipinski definition) is 2. The minimum Gasteiger partial charge on any atom is -0.497 e. The summed E-state index contributed by atoms with van der Waals surface area (Å²) in [7, 11) is -2.60. The van der Waals surface area contributed by atoms with Crippen LogP contribution in [0.2, 0.25) is 0 Å². The first-order chi connectivity index (χ1) is 12.0. The number of hydrogen-bond acceptors (Lipinski definition) is 4. The molecule has 0 amide bonds. The standard InChI is InChI=1S/C17H19F3N2O3S/c1-11(17(18,19)20)22-15-4-3-5-16(26(21,23)24)14(15)10-12-6-8-13(25-2)9-7-12/h3-9,11,22H,10H2,1-2H3,(H2,21,23,24). The van der Waals surface area contributed by atoms with E-state index < -0.39 is 22.2 Å². The molecule has 1 unspecified atom stereocenters. The van der Waals surface area contributed by atoms with Gasteiger partial charge in [0.05, 0.1) is 12.0 Å². The first-order valence-corrected chi connectivity index (χ1v) is 9.18. The Hall–Kier alpha value is -2.26. The summed E-state index contributed by atoms with van der Waals surface area (Å²) in [6.45, 7) is 0.959. The molecule has 0 heterocycles. The van der Waals surface area contributed by atoms with E-state index in [1.165, 1.54) is 25.3 Å². The van der Waals surface area contributed by atoms with Crippen molar-refractivity contribution in [2.75, 3.05) is 12.4 Å². The van der Waals surface area contributed by atoms with E-state index in [1.807, 2.05) is 0 Å². The molecule has 0 spiro atoms. The highest BCUT2D eigenvalue weighted by molar-refractivity contribution is 7.89. The van der Waals surface area contributed by atoms with Gasteiger partial charge in [-0.1, -0.05) is 18.2 Å². The Labute approximate surface area is 150 Å². The molecule has 142 valence electrons. The van der Waals surface area contributed by atoms with Crippen LogP contribution in [-0.2, 0) is 16.4 Å². The summed E-state index contributed by atoms with van der Waals surface area (Å²) >= 11 is 0. The SMILES string of the molecule is COc1ccc(Cc2c(NC(C)C(F)(F)F)cccc2S(N)(=O)=O)cc1. The zero-order chi connectivity index (χ0) is 19.5.